The second-order valence-corrected chi connectivity index (χ2v) is 3.35. The Hall–Kier alpha value is -1.26. The molecule has 1 aromatic carbocycles. The van der Waals surface area contributed by atoms with Crippen molar-refractivity contribution in [3.63, 3.8) is 0 Å². The van der Waals surface area contributed by atoms with Gasteiger partial charge >= 0.3 is 5.97 Å². The van der Waals surface area contributed by atoms with E-state index in [1.807, 2.05) is 0 Å². The second-order valence-electron chi connectivity index (χ2n) is 2.91. The lowest BCUT2D eigenvalue weighted by atomic mass is 10.3. The molecule has 0 aliphatic heterocycles. The van der Waals surface area contributed by atoms with Gasteiger partial charge in [-0.15, -0.1) is 0 Å². The third-order valence-corrected chi connectivity index (χ3v) is 2.02. The zero-order valence-corrected chi connectivity index (χ0v) is 9.20. The monoisotopic (exact) mass is 228 g/mol. The molecule has 0 spiro atoms. The summed E-state index contributed by atoms with van der Waals surface area (Å²) < 4.78 is 4.77. The number of halogens is 1. The van der Waals surface area contributed by atoms with Crippen molar-refractivity contribution < 1.29 is 9.53 Å². The predicted octanol–water partition coefficient (Wildman–Crippen LogP) is 1.58. The van der Waals surface area contributed by atoms with Gasteiger partial charge in [-0.05, 0) is 31.2 Å². The third-order valence-electron chi connectivity index (χ3n) is 1.76. The number of benzene rings is 1. The molecule has 0 atom stereocenters. The molecule has 82 valence electrons. The minimum Gasteiger partial charge on any atom is -0.465 e. The number of anilines is 1. The normalized spacial score (nSPS) is 9.80. The Kier molecular flexibility index (Phi) is 4.39. The highest BCUT2D eigenvalue weighted by Crippen LogP contribution is 2.15. The molecule has 0 unspecified atom stereocenters. The average Bonchev–Trinajstić information content (AvgIpc) is 2.18. The summed E-state index contributed by atoms with van der Waals surface area (Å²) in [4.78, 5) is 11.1. The van der Waals surface area contributed by atoms with Crippen LogP contribution in [0.25, 0.3) is 0 Å². The number of nitrogens with zero attached hydrogens (tertiary/aromatic N) is 1. The zero-order valence-electron chi connectivity index (χ0n) is 8.44. The Morgan fingerprint density at radius 1 is 1.47 bits per heavy atom. The van der Waals surface area contributed by atoms with Crippen molar-refractivity contribution >= 4 is 23.3 Å². The van der Waals surface area contributed by atoms with Crippen molar-refractivity contribution in [3.05, 3.63) is 29.3 Å². The standard InChI is InChI=1S/C10H13ClN2O2/c1-2-15-10(14)7-13(12)9-5-3-8(11)4-6-9/h3-6H,2,7,12H2,1H3. The summed E-state index contributed by atoms with van der Waals surface area (Å²) in [6, 6.07) is 6.90. The highest BCUT2D eigenvalue weighted by molar-refractivity contribution is 6.30. The lowest BCUT2D eigenvalue weighted by Crippen LogP contribution is -2.36. The van der Waals surface area contributed by atoms with Crippen LogP contribution in [-0.2, 0) is 9.53 Å². The van der Waals surface area contributed by atoms with Crippen LogP contribution >= 0.6 is 11.6 Å². The van der Waals surface area contributed by atoms with Gasteiger partial charge in [-0.2, -0.15) is 0 Å². The molecule has 1 aromatic rings. The Morgan fingerprint density at radius 3 is 2.60 bits per heavy atom. The minimum absolute atomic E-state index is 0.0233. The molecule has 4 nitrogen and oxygen atoms in total. The first-order valence-corrected chi connectivity index (χ1v) is 4.94. The summed E-state index contributed by atoms with van der Waals surface area (Å²) in [6.45, 7) is 2.13. The van der Waals surface area contributed by atoms with Crippen molar-refractivity contribution in [2.45, 2.75) is 6.92 Å². The number of carbonyl (C=O) groups excluding carboxylic acids is 1. The Morgan fingerprint density at radius 2 is 2.07 bits per heavy atom. The summed E-state index contributed by atoms with van der Waals surface area (Å²) >= 11 is 5.72. The van der Waals surface area contributed by atoms with Gasteiger partial charge in [0.1, 0.15) is 6.54 Å². The predicted molar refractivity (Wildman–Crippen MR) is 59.6 cm³/mol. The summed E-state index contributed by atoms with van der Waals surface area (Å²) in [6.07, 6.45) is 0. The van der Waals surface area contributed by atoms with E-state index in [1.54, 1.807) is 31.2 Å². The van der Waals surface area contributed by atoms with E-state index in [1.165, 1.54) is 5.01 Å². The van der Waals surface area contributed by atoms with E-state index >= 15 is 0 Å². The van der Waals surface area contributed by atoms with Gasteiger partial charge < -0.3 is 4.74 Å². The quantitative estimate of drug-likeness (QED) is 0.483. The maximum absolute atomic E-state index is 11.1. The van der Waals surface area contributed by atoms with E-state index in [2.05, 4.69) is 0 Å². The summed E-state index contributed by atoms with van der Waals surface area (Å²) in [5.41, 5.74) is 0.715. The third kappa shape index (κ3) is 3.77. The number of carbonyl (C=O) groups is 1. The largest absolute Gasteiger partial charge is 0.465 e. The Bertz CT molecular complexity index is 327. The first-order chi connectivity index (χ1) is 7.13. The zero-order chi connectivity index (χ0) is 11.3. The fraction of sp³-hybridized carbons (Fsp3) is 0.300. The summed E-state index contributed by atoms with van der Waals surface area (Å²) in [7, 11) is 0. The van der Waals surface area contributed by atoms with E-state index in [4.69, 9.17) is 22.2 Å². The maximum Gasteiger partial charge on any atom is 0.327 e. The van der Waals surface area contributed by atoms with E-state index in [-0.39, 0.29) is 12.5 Å². The minimum atomic E-state index is -0.352. The van der Waals surface area contributed by atoms with Crippen LogP contribution < -0.4 is 10.9 Å². The fourth-order valence-electron chi connectivity index (χ4n) is 1.07. The van der Waals surface area contributed by atoms with Gasteiger partial charge in [0.25, 0.3) is 0 Å². The number of nitrogens with two attached hydrogens (primary N) is 1. The van der Waals surface area contributed by atoms with E-state index in [0.717, 1.165) is 0 Å². The average molecular weight is 229 g/mol. The molecule has 0 heterocycles. The molecule has 5 heteroatoms. The van der Waals surface area contributed by atoms with Crippen molar-refractivity contribution in [2.75, 3.05) is 18.2 Å². The summed E-state index contributed by atoms with van der Waals surface area (Å²) in [5.74, 6) is 5.31. The molecule has 0 amide bonds. The smallest absolute Gasteiger partial charge is 0.327 e. The highest BCUT2D eigenvalue weighted by Gasteiger charge is 2.08. The second kappa shape index (κ2) is 5.58. The molecule has 0 aromatic heterocycles. The molecule has 0 saturated carbocycles. The van der Waals surface area contributed by atoms with Gasteiger partial charge in [0.2, 0.25) is 0 Å². The van der Waals surface area contributed by atoms with Crippen molar-refractivity contribution in [1.82, 2.24) is 0 Å². The molecule has 0 bridgehead atoms. The molecule has 0 radical (unpaired) electrons. The molecule has 15 heavy (non-hydrogen) atoms. The van der Waals surface area contributed by atoms with Crippen LogP contribution in [0.15, 0.2) is 24.3 Å². The highest BCUT2D eigenvalue weighted by atomic mass is 35.5. The van der Waals surface area contributed by atoms with Crippen molar-refractivity contribution in [2.24, 2.45) is 5.84 Å². The van der Waals surface area contributed by atoms with Gasteiger partial charge in [-0.25, -0.2) is 5.84 Å². The first kappa shape index (κ1) is 11.8. The summed E-state index contributed by atoms with van der Waals surface area (Å²) in [5, 5.41) is 1.94. The van der Waals surface area contributed by atoms with E-state index in [9.17, 15) is 4.79 Å². The molecular weight excluding hydrogens is 216 g/mol. The Balaban J connectivity index is 2.57. The first-order valence-electron chi connectivity index (χ1n) is 4.57. The van der Waals surface area contributed by atoms with Gasteiger partial charge in [0.15, 0.2) is 0 Å². The van der Waals surface area contributed by atoms with E-state index < -0.39 is 0 Å². The molecule has 0 aliphatic carbocycles. The number of hydrogen-bond donors (Lipinski definition) is 1. The lowest BCUT2D eigenvalue weighted by Gasteiger charge is -2.17. The maximum atomic E-state index is 11.1. The number of hydrogen-bond acceptors (Lipinski definition) is 4. The van der Waals surface area contributed by atoms with Crippen molar-refractivity contribution in [3.8, 4) is 0 Å². The molecule has 0 aliphatic rings. The molecule has 0 saturated heterocycles. The van der Waals surface area contributed by atoms with Crippen LogP contribution in [0.2, 0.25) is 5.02 Å². The topological polar surface area (TPSA) is 55.6 Å². The van der Waals surface area contributed by atoms with Gasteiger partial charge in [0, 0.05) is 5.02 Å². The van der Waals surface area contributed by atoms with Crippen LogP contribution in [0, 0.1) is 0 Å². The van der Waals surface area contributed by atoms with Gasteiger partial charge in [0.05, 0.1) is 12.3 Å². The van der Waals surface area contributed by atoms with Crippen LogP contribution in [0.1, 0.15) is 6.92 Å². The van der Waals surface area contributed by atoms with Gasteiger partial charge in [-0.3, -0.25) is 9.80 Å². The van der Waals surface area contributed by atoms with Gasteiger partial charge in [-0.1, -0.05) is 11.6 Å². The van der Waals surface area contributed by atoms with Crippen LogP contribution in [-0.4, -0.2) is 19.1 Å². The van der Waals surface area contributed by atoms with Crippen molar-refractivity contribution in [1.29, 1.82) is 0 Å². The Labute approximate surface area is 93.5 Å². The number of ether oxygens (including phenoxy) is 1. The van der Waals surface area contributed by atoms with E-state index in [0.29, 0.717) is 17.3 Å². The number of esters is 1. The molecule has 0 fully saturated rings. The molecule has 2 N–H and O–H groups in total. The SMILES string of the molecule is CCOC(=O)CN(N)c1ccc(Cl)cc1. The number of hydrazine groups is 1. The molecular formula is C10H13ClN2O2. The van der Waals surface area contributed by atoms with Crippen LogP contribution in [0.5, 0.6) is 0 Å². The van der Waals surface area contributed by atoms with Crippen LogP contribution in [0.4, 0.5) is 5.69 Å². The van der Waals surface area contributed by atoms with Crippen LogP contribution in [0.3, 0.4) is 0 Å². The fourth-order valence-corrected chi connectivity index (χ4v) is 1.20. The number of rotatable bonds is 4. The lowest BCUT2D eigenvalue weighted by molar-refractivity contribution is -0.141. The molecule has 1 rings (SSSR count).